The number of rotatable bonds is 4. The molecule has 4 fully saturated rings. The highest BCUT2D eigenvalue weighted by Gasteiger charge is 2.61. The first-order chi connectivity index (χ1) is 16.2. The number of nitrogens with one attached hydrogen (secondary N) is 1. The van der Waals surface area contributed by atoms with Crippen LogP contribution in [-0.4, -0.2) is 36.6 Å². The molecule has 3 aromatic rings. The average molecular weight is 464 g/mol. The SMILES string of the molecule is CC(=O)NC12CC3CC(C1)CC(C(=O)OCc1nnc4n(C)c(=O)c5cc(C)ccc5n14)(C3)C2. The summed E-state index contributed by atoms with van der Waals surface area (Å²) in [7, 11) is 1.67. The van der Waals surface area contributed by atoms with Gasteiger partial charge in [-0.15, -0.1) is 10.2 Å². The van der Waals surface area contributed by atoms with Gasteiger partial charge in [-0.2, -0.15) is 0 Å². The first-order valence-corrected chi connectivity index (χ1v) is 12.0. The van der Waals surface area contributed by atoms with Crippen LogP contribution in [0.25, 0.3) is 16.7 Å². The van der Waals surface area contributed by atoms with Gasteiger partial charge in [0.05, 0.1) is 16.3 Å². The molecule has 2 aromatic heterocycles. The van der Waals surface area contributed by atoms with Crippen molar-refractivity contribution in [3.63, 3.8) is 0 Å². The summed E-state index contributed by atoms with van der Waals surface area (Å²) in [6.45, 7) is 3.47. The van der Waals surface area contributed by atoms with Gasteiger partial charge in [-0.1, -0.05) is 11.6 Å². The maximum Gasteiger partial charge on any atom is 0.312 e. The molecule has 2 heterocycles. The number of amides is 1. The zero-order chi connectivity index (χ0) is 23.8. The molecule has 1 aromatic carbocycles. The molecule has 0 radical (unpaired) electrons. The van der Waals surface area contributed by atoms with Crippen molar-refractivity contribution < 1.29 is 14.3 Å². The average Bonchev–Trinajstić information content (AvgIpc) is 3.18. The van der Waals surface area contributed by atoms with E-state index >= 15 is 0 Å². The minimum absolute atomic E-state index is 0.0224. The van der Waals surface area contributed by atoms with E-state index < -0.39 is 5.41 Å². The van der Waals surface area contributed by atoms with Crippen molar-refractivity contribution in [1.29, 1.82) is 0 Å². The van der Waals surface area contributed by atoms with Crippen LogP contribution in [0.15, 0.2) is 23.0 Å². The molecule has 4 aliphatic carbocycles. The van der Waals surface area contributed by atoms with E-state index in [-0.39, 0.29) is 29.6 Å². The van der Waals surface area contributed by atoms with Crippen LogP contribution in [0.3, 0.4) is 0 Å². The van der Waals surface area contributed by atoms with E-state index in [0.717, 1.165) is 37.7 Å². The Hall–Kier alpha value is -3.23. The van der Waals surface area contributed by atoms with Gasteiger partial charge in [-0.05, 0) is 69.4 Å². The quantitative estimate of drug-likeness (QED) is 0.596. The topological polar surface area (TPSA) is 108 Å². The molecule has 2 atom stereocenters. The van der Waals surface area contributed by atoms with Crippen molar-refractivity contribution in [2.45, 2.75) is 64.5 Å². The fourth-order valence-corrected chi connectivity index (χ4v) is 7.46. The molecule has 9 heteroatoms. The monoisotopic (exact) mass is 463 g/mol. The predicted molar refractivity (Wildman–Crippen MR) is 124 cm³/mol. The first-order valence-electron chi connectivity index (χ1n) is 12.0. The van der Waals surface area contributed by atoms with E-state index in [4.69, 9.17) is 4.74 Å². The van der Waals surface area contributed by atoms with Crippen LogP contribution >= 0.6 is 0 Å². The molecule has 0 saturated heterocycles. The van der Waals surface area contributed by atoms with Gasteiger partial charge >= 0.3 is 5.97 Å². The fraction of sp³-hybridized carbons (Fsp3) is 0.560. The molecule has 9 nitrogen and oxygen atoms in total. The van der Waals surface area contributed by atoms with E-state index in [0.29, 0.717) is 40.8 Å². The molecular weight excluding hydrogens is 434 g/mol. The van der Waals surface area contributed by atoms with Crippen molar-refractivity contribution in [2.75, 3.05) is 0 Å². The van der Waals surface area contributed by atoms with Gasteiger partial charge < -0.3 is 10.1 Å². The van der Waals surface area contributed by atoms with E-state index in [2.05, 4.69) is 15.5 Å². The Morgan fingerprint density at radius 2 is 1.91 bits per heavy atom. The lowest BCUT2D eigenvalue weighted by Gasteiger charge is -2.60. The lowest BCUT2D eigenvalue weighted by Crippen LogP contribution is -2.64. The molecule has 4 bridgehead atoms. The van der Waals surface area contributed by atoms with Crippen molar-refractivity contribution in [3.8, 4) is 0 Å². The lowest BCUT2D eigenvalue weighted by atomic mass is 9.47. The van der Waals surface area contributed by atoms with Crippen molar-refractivity contribution in [2.24, 2.45) is 24.3 Å². The van der Waals surface area contributed by atoms with Crippen LogP contribution in [0.2, 0.25) is 0 Å². The van der Waals surface area contributed by atoms with Gasteiger partial charge in [-0.3, -0.25) is 23.4 Å². The summed E-state index contributed by atoms with van der Waals surface area (Å²) in [5.41, 5.74) is 0.695. The molecule has 4 saturated carbocycles. The fourth-order valence-electron chi connectivity index (χ4n) is 7.46. The molecule has 1 amide bonds. The third-order valence-electron chi connectivity index (χ3n) is 8.21. The summed E-state index contributed by atoms with van der Waals surface area (Å²) in [6, 6.07) is 5.67. The second-order valence-corrected chi connectivity index (χ2v) is 10.9. The maximum absolute atomic E-state index is 13.5. The molecule has 4 aliphatic rings. The number of aryl methyl sites for hydroxylation is 2. The molecule has 0 aliphatic heterocycles. The maximum atomic E-state index is 13.5. The summed E-state index contributed by atoms with van der Waals surface area (Å²) in [6.07, 6.45) is 5.31. The first kappa shape index (κ1) is 21.3. The highest BCUT2D eigenvalue weighted by molar-refractivity contribution is 5.81. The van der Waals surface area contributed by atoms with Gasteiger partial charge in [-0.25, -0.2) is 0 Å². The summed E-state index contributed by atoms with van der Waals surface area (Å²) in [4.78, 5) is 38.3. The zero-order valence-electron chi connectivity index (χ0n) is 19.8. The lowest BCUT2D eigenvalue weighted by molar-refractivity contribution is -0.177. The minimum atomic E-state index is -0.556. The summed E-state index contributed by atoms with van der Waals surface area (Å²) >= 11 is 0. The Morgan fingerprint density at radius 3 is 2.62 bits per heavy atom. The Balaban J connectivity index is 1.31. The van der Waals surface area contributed by atoms with Crippen LogP contribution in [0, 0.1) is 24.2 Å². The van der Waals surface area contributed by atoms with Crippen LogP contribution in [0.1, 0.15) is 56.8 Å². The number of nitrogens with zero attached hydrogens (tertiary/aromatic N) is 4. The Labute approximate surface area is 196 Å². The molecule has 0 spiro atoms. The number of hydrogen-bond acceptors (Lipinski definition) is 6. The highest BCUT2D eigenvalue weighted by Crippen LogP contribution is 2.62. The second kappa shape index (κ2) is 7.13. The normalized spacial score (nSPS) is 29.6. The van der Waals surface area contributed by atoms with Crippen LogP contribution in [0.5, 0.6) is 0 Å². The van der Waals surface area contributed by atoms with E-state index in [9.17, 15) is 14.4 Å². The van der Waals surface area contributed by atoms with E-state index in [1.807, 2.05) is 25.1 Å². The van der Waals surface area contributed by atoms with Gasteiger partial charge in [0.15, 0.2) is 12.4 Å². The third kappa shape index (κ3) is 3.09. The Kier molecular flexibility index (Phi) is 4.47. The molecular formula is C25H29N5O4. The number of ether oxygens (including phenoxy) is 1. The Morgan fingerprint density at radius 1 is 1.18 bits per heavy atom. The number of aromatic nitrogens is 4. The van der Waals surface area contributed by atoms with E-state index in [1.165, 1.54) is 4.57 Å². The molecule has 7 rings (SSSR count). The smallest absolute Gasteiger partial charge is 0.312 e. The minimum Gasteiger partial charge on any atom is -0.457 e. The standard InChI is InChI=1S/C25H29N5O4/c1-14-4-5-19-18(6-14)21(32)29(3)23-28-27-20(30(19)23)12-34-22(33)24-8-16-7-17(9-24)11-25(10-16,13-24)26-15(2)31/h4-6,16-17H,7-13H2,1-3H3,(H,26,31). The highest BCUT2D eigenvalue weighted by atomic mass is 16.5. The Bertz CT molecular complexity index is 1410. The van der Waals surface area contributed by atoms with E-state index in [1.54, 1.807) is 18.4 Å². The van der Waals surface area contributed by atoms with Crippen LogP contribution in [-0.2, 0) is 28.0 Å². The van der Waals surface area contributed by atoms with Crippen molar-refractivity contribution in [1.82, 2.24) is 24.5 Å². The molecule has 1 N–H and O–H groups in total. The molecule has 34 heavy (non-hydrogen) atoms. The third-order valence-corrected chi connectivity index (χ3v) is 8.21. The number of hydrogen-bond donors (Lipinski definition) is 1. The number of fused-ring (bicyclic) bond motifs is 3. The second-order valence-electron chi connectivity index (χ2n) is 10.9. The zero-order valence-corrected chi connectivity index (χ0v) is 19.8. The van der Waals surface area contributed by atoms with Gasteiger partial charge in [0.2, 0.25) is 11.7 Å². The number of benzene rings is 1. The van der Waals surface area contributed by atoms with Gasteiger partial charge in [0.25, 0.3) is 5.56 Å². The number of carbonyl (C=O) groups excluding carboxylic acids is 2. The van der Waals surface area contributed by atoms with Gasteiger partial charge in [0.1, 0.15) is 0 Å². The van der Waals surface area contributed by atoms with Crippen LogP contribution < -0.4 is 10.9 Å². The largest absolute Gasteiger partial charge is 0.457 e. The summed E-state index contributed by atoms with van der Waals surface area (Å²) < 4.78 is 9.17. The summed E-state index contributed by atoms with van der Waals surface area (Å²) in [5, 5.41) is 12.2. The molecule has 178 valence electrons. The van der Waals surface area contributed by atoms with Crippen molar-refractivity contribution >= 4 is 28.6 Å². The van der Waals surface area contributed by atoms with Crippen LogP contribution in [0.4, 0.5) is 0 Å². The number of esters is 1. The van der Waals surface area contributed by atoms with Gasteiger partial charge in [0, 0.05) is 19.5 Å². The molecule has 2 unspecified atom stereocenters. The van der Waals surface area contributed by atoms with Crippen molar-refractivity contribution in [3.05, 3.63) is 39.9 Å². The number of carbonyl (C=O) groups is 2. The predicted octanol–water partition coefficient (Wildman–Crippen LogP) is 2.41. The summed E-state index contributed by atoms with van der Waals surface area (Å²) in [5.74, 6) is 1.53.